The zero-order valence-electron chi connectivity index (χ0n) is 17.2. The van der Waals surface area contributed by atoms with Crippen molar-refractivity contribution >= 4 is 35.0 Å². The standard InChI is InChI=1S/C20H20ClFN4O4S/c1-26-19(11-7-15(28-2)18(30-4)16(8-11)29-3)24-25-20(26)31-10-17(27)23-12-5-6-14(22)13(21)9-12/h5-9H,10H2,1-4H3,(H,23,27). The average Bonchev–Trinajstić information content (AvgIpc) is 3.14. The van der Waals surface area contributed by atoms with Gasteiger partial charge in [0.25, 0.3) is 0 Å². The molecule has 3 aromatic rings. The van der Waals surface area contributed by atoms with Crippen molar-refractivity contribution < 1.29 is 23.4 Å². The Morgan fingerprint density at radius 1 is 1.13 bits per heavy atom. The smallest absolute Gasteiger partial charge is 0.234 e. The molecule has 1 amide bonds. The van der Waals surface area contributed by atoms with Crippen molar-refractivity contribution in [1.82, 2.24) is 14.8 Å². The second kappa shape index (κ2) is 9.88. The summed E-state index contributed by atoms with van der Waals surface area (Å²) in [5.41, 5.74) is 1.12. The molecule has 164 valence electrons. The maximum Gasteiger partial charge on any atom is 0.234 e. The molecule has 0 aliphatic rings. The quantitative estimate of drug-likeness (QED) is 0.501. The number of thioether (sulfide) groups is 1. The Labute approximate surface area is 187 Å². The number of hydrogen-bond donors (Lipinski definition) is 1. The molecule has 0 unspecified atom stereocenters. The molecule has 0 radical (unpaired) electrons. The SMILES string of the molecule is COc1cc(-c2nnc(SCC(=O)Nc3ccc(F)c(Cl)c3)n2C)cc(OC)c1OC. The fourth-order valence-corrected chi connectivity index (χ4v) is 3.69. The molecule has 0 spiro atoms. The molecule has 0 saturated carbocycles. The lowest BCUT2D eigenvalue weighted by molar-refractivity contribution is -0.113. The van der Waals surface area contributed by atoms with Gasteiger partial charge in [0.15, 0.2) is 22.5 Å². The number of amides is 1. The van der Waals surface area contributed by atoms with Gasteiger partial charge in [0.2, 0.25) is 11.7 Å². The number of benzene rings is 2. The summed E-state index contributed by atoms with van der Waals surface area (Å²) in [6.45, 7) is 0. The Bertz CT molecular complexity index is 1080. The fourth-order valence-electron chi connectivity index (χ4n) is 2.80. The number of carbonyl (C=O) groups excluding carboxylic acids is 1. The molecule has 31 heavy (non-hydrogen) atoms. The van der Waals surface area contributed by atoms with E-state index in [9.17, 15) is 9.18 Å². The van der Waals surface area contributed by atoms with Gasteiger partial charge in [-0.25, -0.2) is 4.39 Å². The van der Waals surface area contributed by atoms with Crippen molar-refractivity contribution in [3.8, 4) is 28.6 Å². The number of ether oxygens (including phenoxy) is 3. The number of nitrogens with one attached hydrogen (secondary N) is 1. The van der Waals surface area contributed by atoms with Crippen LogP contribution in [0.4, 0.5) is 10.1 Å². The van der Waals surface area contributed by atoms with Crippen molar-refractivity contribution in [3.05, 3.63) is 41.2 Å². The minimum absolute atomic E-state index is 0.0613. The van der Waals surface area contributed by atoms with Crippen molar-refractivity contribution in [3.63, 3.8) is 0 Å². The van der Waals surface area contributed by atoms with Crippen LogP contribution in [0.2, 0.25) is 5.02 Å². The van der Waals surface area contributed by atoms with Crippen LogP contribution in [0.15, 0.2) is 35.5 Å². The van der Waals surface area contributed by atoms with Crippen LogP contribution in [0.25, 0.3) is 11.4 Å². The van der Waals surface area contributed by atoms with Crippen LogP contribution in [0, 0.1) is 5.82 Å². The summed E-state index contributed by atoms with van der Waals surface area (Å²) in [6.07, 6.45) is 0. The van der Waals surface area contributed by atoms with Gasteiger partial charge in [0, 0.05) is 18.3 Å². The van der Waals surface area contributed by atoms with Crippen LogP contribution in [-0.4, -0.2) is 47.8 Å². The topological polar surface area (TPSA) is 87.5 Å². The summed E-state index contributed by atoms with van der Waals surface area (Å²) in [5.74, 6) is 1.27. The summed E-state index contributed by atoms with van der Waals surface area (Å²) < 4.78 is 31.1. The van der Waals surface area contributed by atoms with Crippen LogP contribution >= 0.6 is 23.4 Å². The first kappa shape index (κ1) is 22.7. The lowest BCUT2D eigenvalue weighted by atomic mass is 10.1. The van der Waals surface area contributed by atoms with E-state index in [0.29, 0.717) is 39.5 Å². The third-order valence-electron chi connectivity index (χ3n) is 4.29. The Morgan fingerprint density at radius 2 is 1.81 bits per heavy atom. The van der Waals surface area contributed by atoms with Gasteiger partial charge in [-0.2, -0.15) is 0 Å². The van der Waals surface area contributed by atoms with Crippen molar-refractivity contribution in [2.24, 2.45) is 7.05 Å². The third-order valence-corrected chi connectivity index (χ3v) is 5.60. The normalized spacial score (nSPS) is 10.6. The van der Waals surface area contributed by atoms with E-state index in [-0.39, 0.29) is 16.7 Å². The molecule has 0 bridgehead atoms. The van der Waals surface area contributed by atoms with Gasteiger partial charge >= 0.3 is 0 Å². The summed E-state index contributed by atoms with van der Waals surface area (Å²) in [7, 11) is 6.39. The van der Waals surface area contributed by atoms with Gasteiger partial charge in [0.05, 0.1) is 32.1 Å². The van der Waals surface area contributed by atoms with E-state index < -0.39 is 5.82 Å². The second-order valence-electron chi connectivity index (χ2n) is 6.24. The summed E-state index contributed by atoms with van der Waals surface area (Å²) >= 11 is 6.94. The average molecular weight is 467 g/mol. The van der Waals surface area contributed by atoms with Gasteiger partial charge < -0.3 is 24.1 Å². The first-order chi connectivity index (χ1) is 14.9. The van der Waals surface area contributed by atoms with Crippen LogP contribution in [0.5, 0.6) is 17.2 Å². The van der Waals surface area contributed by atoms with Crippen molar-refractivity contribution in [2.45, 2.75) is 5.16 Å². The van der Waals surface area contributed by atoms with E-state index in [1.54, 1.807) is 23.7 Å². The number of halogens is 2. The molecule has 0 saturated heterocycles. The predicted octanol–water partition coefficient (Wildman–Crippen LogP) is 4.03. The third kappa shape index (κ3) is 5.02. The fraction of sp³-hybridized carbons (Fsp3) is 0.250. The Morgan fingerprint density at radius 3 is 2.39 bits per heavy atom. The number of methoxy groups -OCH3 is 3. The summed E-state index contributed by atoms with van der Waals surface area (Å²) in [6, 6.07) is 7.52. The molecule has 0 atom stereocenters. The Hall–Kier alpha value is -2.98. The first-order valence-electron chi connectivity index (χ1n) is 8.95. The zero-order valence-corrected chi connectivity index (χ0v) is 18.8. The molecule has 8 nitrogen and oxygen atoms in total. The highest BCUT2D eigenvalue weighted by Crippen LogP contribution is 2.41. The molecule has 0 aliphatic carbocycles. The monoisotopic (exact) mass is 466 g/mol. The van der Waals surface area contributed by atoms with Crippen LogP contribution in [0.3, 0.4) is 0 Å². The number of anilines is 1. The van der Waals surface area contributed by atoms with E-state index in [1.807, 2.05) is 0 Å². The van der Waals surface area contributed by atoms with Crippen LogP contribution in [0.1, 0.15) is 0 Å². The minimum atomic E-state index is -0.549. The zero-order chi connectivity index (χ0) is 22.5. The molecule has 3 rings (SSSR count). The van der Waals surface area contributed by atoms with Gasteiger partial charge in [-0.3, -0.25) is 4.79 Å². The molecule has 2 aromatic carbocycles. The predicted molar refractivity (Wildman–Crippen MR) is 117 cm³/mol. The highest BCUT2D eigenvalue weighted by atomic mass is 35.5. The van der Waals surface area contributed by atoms with E-state index in [1.165, 1.54) is 51.3 Å². The maximum absolute atomic E-state index is 13.2. The van der Waals surface area contributed by atoms with Gasteiger partial charge in [0.1, 0.15) is 5.82 Å². The van der Waals surface area contributed by atoms with Gasteiger partial charge in [-0.15, -0.1) is 10.2 Å². The minimum Gasteiger partial charge on any atom is -0.493 e. The molecule has 11 heteroatoms. The molecule has 0 aliphatic heterocycles. The Balaban J connectivity index is 1.74. The number of rotatable bonds is 8. The van der Waals surface area contributed by atoms with E-state index >= 15 is 0 Å². The van der Waals surface area contributed by atoms with E-state index in [2.05, 4.69) is 15.5 Å². The van der Waals surface area contributed by atoms with Crippen molar-refractivity contribution in [2.75, 3.05) is 32.4 Å². The van der Waals surface area contributed by atoms with Gasteiger partial charge in [-0.05, 0) is 30.3 Å². The lowest BCUT2D eigenvalue weighted by Crippen LogP contribution is -2.14. The maximum atomic E-state index is 13.2. The second-order valence-corrected chi connectivity index (χ2v) is 7.59. The molecule has 1 aromatic heterocycles. The van der Waals surface area contributed by atoms with Crippen LogP contribution in [-0.2, 0) is 11.8 Å². The van der Waals surface area contributed by atoms with Crippen LogP contribution < -0.4 is 19.5 Å². The molecule has 1 heterocycles. The molecular weight excluding hydrogens is 447 g/mol. The van der Waals surface area contributed by atoms with Crippen molar-refractivity contribution in [1.29, 1.82) is 0 Å². The number of carbonyl (C=O) groups is 1. The van der Waals surface area contributed by atoms with Gasteiger partial charge in [-0.1, -0.05) is 23.4 Å². The molecule has 1 N–H and O–H groups in total. The van der Waals surface area contributed by atoms with E-state index in [0.717, 1.165) is 0 Å². The number of hydrogen-bond acceptors (Lipinski definition) is 7. The summed E-state index contributed by atoms with van der Waals surface area (Å²) in [5, 5.41) is 11.5. The first-order valence-corrected chi connectivity index (χ1v) is 10.3. The highest BCUT2D eigenvalue weighted by molar-refractivity contribution is 7.99. The molecular formula is C20H20ClFN4O4S. The highest BCUT2D eigenvalue weighted by Gasteiger charge is 2.19. The molecule has 0 fully saturated rings. The summed E-state index contributed by atoms with van der Waals surface area (Å²) in [4.78, 5) is 12.2. The number of nitrogens with zero attached hydrogens (tertiary/aromatic N) is 3. The number of aromatic nitrogens is 3. The Kier molecular flexibility index (Phi) is 7.24. The lowest BCUT2D eigenvalue weighted by Gasteiger charge is -2.14. The largest absolute Gasteiger partial charge is 0.493 e. The van der Waals surface area contributed by atoms with E-state index in [4.69, 9.17) is 25.8 Å².